The maximum atomic E-state index is 11.7. The van der Waals surface area contributed by atoms with Crippen molar-refractivity contribution in [3.8, 4) is 0 Å². The molecule has 1 heterocycles. The highest BCUT2D eigenvalue weighted by Crippen LogP contribution is 2.37. The van der Waals surface area contributed by atoms with E-state index < -0.39 is 5.54 Å². The number of rotatable bonds is 4. The van der Waals surface area contributed by atoms with Crippen molar-refractivity contribution in [3.63, 3.8) is 0 Å². The van der Waals surface area contributed by atoms with Crippen LogP contribution < -0.4 is 0 Å². The Balaban J connectivity index is 2.42. The zero-order chi connectivity index (χ0) is 12.3. The Morgan fingerprint density at radius 3 is 2.71 bits per heavy atom. The number of nitrogens with zero attached hydrogens (tertiary/aromatic N) is 1. The molecule has 0 bridgehead atoms. The van der Waals surface area contributed by atoms with Crippen LogP contribution in [0.1, 0.15) is 12.0 Å². The van der Waals surface area contributed by atoms with Gasteiger partial charge in [-0.15, -0.1) is 0 Å². The summed E-state index contributed by atoms with van der Waals surface area (Å²) in [5.74, 6) is 0.139. The average molecular weight is 235 g/mol. The normalized spacial score (nSPS) is 25.4. The van der Waals surface area contributed by atoms with Gasteiger partial charge in [0, 0.05) is 13.5 Å². The molecule has 0 saturated carbocycles. The number of Topliss-reactive ketones (excluding diaryl/α,β-unsaturated/α-hetero) is 1. The number of benzene rings is 1. The Labute approximate surface area is 101 Å². The molecule has 0 amide bonds. The molecular formula is C13H17NO3. The molecule has 1 N–H and O–H groups in total. The molecule has 1 fully saturated rings. The fraction of sp³-hybridized carbons (Fsp3) is 0.462. The van der Waals surface area contributed by atoms with E-state index in [-0.39, 0.29) is 19.1 Å². The number of likely N-dealkylation sites (tertiary alicyclic amines) is 1. The molecule has 4 heteroatoms. The van der Waals surface area contributed by atoms with Crippen molar-refractivity contribution >= 4 is 5.78 Å². The van der Waals surface area contributed by atoms with Crippen LogP contribution in [0.25, 0.3) is 0 Å². The SMILES string of the molecule is COCC1(c2ccccc2)CC(=O)CN1CO. The smallest absolute Gasteiger partial charge is 0.149 e. The van der Waals surface area contributed by atoms with E-state index >= 15 is 0 Å². The Morgan fingerprint density at radius 2 is 2.12 bits per heavy atom. The second-order valence-corrected chi connectivity index (χ2v) is 4.39. The van der Waals surface area contributed by atoms with Crippen LogP contribution in [0.5, 0.6) is 0 Å². The first kappa shape index (κ1) is 12.2. The van der Waals surface area contributed by atoms with Gasteiger partial charge in [0.25, 0.3) is 0 Å². The predicted octanol–water partition coefficient (Wildman–Crippen LogP) is 0.753. The van der Waals surface area contributed by atoms with Gasteiger partial charge in [0.2, 0.25) is 0 Å². The lowest BCUT2D eigenvalue weighted by Crippen LogP contribution is -2.45. The average Bonchev–Trinajstić information content (AvgIpc) is 2.68. The van der Waals surface area contributed by atoms with Crippen LogP contribution in [0.4, 0.5) is 0 Å². The molecule has 1 aromatic carbocycles. The lowest BCUT2D eigenvalue weighted by atomic mass is 9.88. The molecule has 1 saturated heterocycles. The monoisotopic (exact) mass is 235 g/mol. The number of methoxy groups -OCH3 is 1. The number of hydrogen-bond acceptors (Lipinski definition) is 4. The number of aliphatic hydroxyl groups is 1. The maximum absolute atomic E-state index is 11.7. The minimum Gasteiger partial charge on any atom is -0.382 e. The van der Waals surface area contributed by atoms with E-state index in [1.165, 1.54) is 0 Å². The first-order valence-corrected chi connectivity index (χ1v) is 5.65. The van der Waals surface area contributed by atoms with Crippen molar-refractivity contribution < 1.29 is 14.6 Å². The molecule has 92 valence electrons. The van der Waals surface area contributed by atoms with Gasteiger partial charge in [-0.1, -0.05) is 30.3 Å². The van der Waals surface area contributed by atoms with E-state index in [9.17, 15) is 9.90 Å². The van der Waals surface area contributed by atoms with E-state index in [4.69, 9.17) is 4.74 Å². The second kappa shape index (κ2) is 4.96. The first-order valence-electron chi connectivity index (χ1n) is 5.65. The molecule has 2 rings (SSSR count). The maximum Gasteiger partial charge on any atom is 0.149 e. The number of carbonyl (C=O) groups is 1. The van der Waals surface area contributed by atoms with Gasteiger partial charge in [-0.25, -0.2) is 0 Å². The van der Waals surface area contributed by atoms with Gasteiger partial charge in [-0.05, 0) is 5.56 Å². The number of ketones is 1. The van der Waals surface area contributed by atoms with Gasteiger partial charge in [-0.2, -0.15) is 0 Å². The number of ether oxygens (including phenoxy) is 1. The molecule has 0 aromatic heterocycles. The van der Waals surface area contributed by atoms with Crippen molar-refractivity contribution in [2.24, 2.45) is 0 Å². The standard InChI is InChI=1S/C13H17NO3/c1-17-9-13(11-5-3-2-4-6-11)7-12(16)8-14(13)10-15/h2-6,15H,7-10H2,1H3. The number of hydrogen-bond donors (Lipinski definition) is 1. The fourth-order valence-corrected chi connectivity index (χ4v) is 2.54. The summed E-state index contributed by atoms with van der Waals surface area (Å²) in [6.07, 6.45) is 0.394. The summed E-state index contributed by atoms with van der Waals surface area (Å²) < 4.78 is 5.26. The van der Waals surface area contributed by atoms with Gasteiger partial charge < -0.3 is 9.84 Å². The molecule has 4 nitrogen and oxygen atoms in total. The highest BCUT2D eigenvalue weighted by molar-refractivity contribution is 5.84. The summed E-state index contributed by atoms with van der Waals surface area (Å²) in [5.41, 5.74) is 0.503. The van der Waals surface area contributed by atoms with Gasteiger partial charge >= 0.3 is 0 Å². The largest absolute Gasteiger partial charge is 0.382 e. The molecule has 1 aliphatic rings. The zero-order valence-electron chi connectivity index (χ0n) is 9.93. The second-order valence-electron chi connectivity index (χ2n) is 4.39. The molecule has 1 atom stereocenters. The molecular weight excluding hydrogens is 218 g/mol. The Kier molecular flexibility index (Phi) is 3.57. The van der Waals surface area contributed by atoms with Crippen molar-refractivity contribution in [3.05, 3.63) is 35.9 Å². The van der Waals surface area contributed by atoms with Crippen molar-refractivity contribution in [2.75, 3.05) is 27.0 Å². The summed E-state index contributed by atoms with van der Waals surface area (Å²) in [6.45, 7) is 0.558. The highest BCUT2D eigenvalue weighted by Gasteiger charge is 2.46. The van der Waals surface area contributed by atoms with E-state index in [1.54, 1.807) is 12.0 Å². The van der Waals surface area contributed by atoms with Gasteiger partial charge in [0.15, 0.2) is 0 Å². The molecule has 1 aromatic rings. The van der Waals surface area contributed by atoms with Crippen LogP contribution in [0.3, 0.4) is 0 Å². The molecule has 0 radical (unpaired) electrons. The van der Waals surface area contributed by atoms with E-state index in [1.807, 2.05) is 30.3 Å². The molecule has 17 heavy (non-hydrogen) atoms. The molecule has 0 spiro atoms. The third-order valence-electron chi connectivity index (χ3n) is 3.33. The topological polar surface area (TPSA) is 49.8 Å². The van der Waals surface area contributed by atoms with Crippen LogP contribution in [0.15, 0.2) is 30.3 Å². The van der Waals surface area contributed by atoms with Crippen molar-refractivity contribution in [1.29, 1.82) is 0 Å². The van der Waals surface area contributed by atoms with Gasteiger partial charge in [0.05, 0.1) is 25.4 Å². The summed E-state index contributed by atoms with van der Waals surface area (Å²) in [4.78, 5) is 13.4. The van der Waals surface area contributed by atoms with Crippen molar-refractivity contribution in [2.45, 2.75) is 12.0 Å². The van der Waals surface area contributed by atoms with Crippen LogP contribution in [0, 0.1) is 0 Å². The number of carbonyl (C=O) groups excluding carboxylic acids is 1. The summed E-state index contributed by atoms with van der Waals surface area (Å²) in [7, 11) is 1.61. The fourth-order valence-electron chi connectivity index (χ4n) is 2.54. The van der Waals surface area contributed by atoms with Crippen molar-refractivity contribution in [1.82, 2.24) is 4.90 Å². The van der Waals surface area contributed by atoms with E-state index in [0.717, 1.165) is 5.56 Å². The number of aliphatic hydroxyl groups excluding tert-OH is 1. The molecule has 0 aliphatic carbocycles. The summed E-state index contributed by atoms with van der Waals surface area (Å²) >= 11 is 0. The molecule has 1 aliphatic heterocycles. The van der Waals surface area contributed by atoms with Crippen LogP contribution in [-0.2, 0) is 15.1 Å². The van der Waals surface area contributed by atoms with E-state index in [0.29, 0.717) is 13.0 Å². The Hall–Kier alpha value is -1.23. The minimum absolute atomic E-state index is 0.135. The lowest BCUT2D eigenvalue weighted by Gasteiger charge is -2.36. The van der Waals surface area contributed by atoms with E-state index in [2.05, 4.69) is 0 Å². The molecule has 1 unspecified atom stereocenters. The third kappa shape index (κ3) is 2.11. The minimum atomic E-state index is -0.512. The van der Waals surface area contributed by atoms with Crippen LogP contribution in [0.2, 0.25) is 0 Å². The Bertz CT molecular complexity index is 393. The quantitative estimate of drug-likeness (QED) is 0.836. The van der Waals surface area contributed by atoms with Gasteiger partial charge in [-0.3, -0.25) is 9.69 Å². The predicted molar refractivity (Wildman–Crippen MR) is 63.4 cm³/mol. The van der Waals surface area contributed by atoms with Crippen LogP contribution >= 0.6 is 0 Å². The summed E-state index contributed by atoms with van der Waals surface area (Å²) in [5, 5.41) is 9.43. The highest BCUT2D eigenvalue weighted by atomic mass is 16.5. The zero-order valence-corrected chi connectivity index (χ0v) is 9.93. The first-order chi connectivity index (χ1) is 8.23. The third-order valence-corrected chi connectivity index (χ3v) is 3.33. The van der Waals surface area contributed by atoms with Crippen LogP contribution in [-0.4, -0.2) is 42.8 Å². The lowest BCUT2D eigenvalue weighted by molar-refractivity contribution is -0.117. The summed E-state index contributed by atoms with van der Waals surface area (Å²) in [6, 6.07) is 9.75. The Morgan fingerprint density at radius 1 is 1.41 bits per heavy atom. The van der Waals surface area contributed by atoms with Gasteiger partial charge in [0.1, 0.15) is 5.78 Å².